The summed E-state index contributed by atoms with van der Waals surface area (Å²) in [7, 11) is 0. The van der Waals surface area contributed by atoms with Gasteiger partial charge < -0.3 is 15.7 Å². The maximum absolute atomic E-state index is 10.4. The van der Waals surface area contributed by atoms with Crippen molar-refractivity contribution in [2.75, 3.05) is 13.1 Å². The maximum atomic E-state index is 10.4. The third-order valence-corrected chi connectivity index (χ3v) is 4.52. The van der Waals surface area contributed by atoms with Crippen molar-refractivity contribution < 1.29 is 5.11 Å². The number of aliphatic hydroxyl groups is 1. The van der Waals surface area contributed by atoms with Gasteiger partial charge in [-0.3, -0.25) is 4.99 Å². The lowest BCUT2D eigenvalue weighted by Crippen LogP contribution is -2.47. The number of guanidine groups is 1. The zero-order valence-electron chi connectivity index (χ0n) is 14.6. The van der Waals surface area contributed by atoms with E-state index < -0.39 is 6.10 Å². The van der Waals surface area contributed by atoms with E-state index in [1.54, 1.807) is 12.4 Å². The topological polar surface area (TPSA) is 87.4 Å². The summed E-state index contributed by atoms with van der Waals surface area (Å²) in [6.45, 7) is 3.75. The van der Waals surface area contributed by atoms with Crippen LogP contribution >= 0.6 is 35.6 Å². The van der Waals surface area contributed by atoms with Crippen LogP contribution < -0.4 is 10.6 Å². The zero-order valence-corrected chi connectivity index (χ0v) is 17.7. The first-order chi connectivity index (χ1) is 12.2. The minimum Gasteiger partial charge on any atom is -0.386 e. The van der Waals surface area contributed by atoms with Crippen molar-refractivity contribution in [3.8, 4) is 0 Å². The first kappa shape index (κ1) is 20.9. The van der Waals surface area contributed by atoms with Crippen molar-refractivity contribution in [2.24, 2.45) is 4.99 Å². The molecule has 0 amide bonds. The molecule has 9 heteroatoms. The van der Waals surface area contributed by atoms with Gasteiger partial charge in [-0.1, -0.05) is 29.8 Å². The standard InChI is InChI=1S/C17H23ClN6O.HI/c1-2-19-17(20-9-15(25)13-5-3-4-6-14(13)18)23-12-7-8-16-21-11-22-24(16)10-12;/h3-6,11-12,15,25H,2,7-10H2,1H3,(H2,19,20,23);1H. The SMILES string of the molecule is CCNC(=NCC(O)c1ccccc1Cl)NC1CCc2ncnn2C1.I. The van der Waals surface area contributed by atoms with E-state index in [1.165, 1.54) is 0 Å². The fourth-order valence-electron chi connectivity index (χ4n) is 2.89. The number of aryl methyl sites for hydroxylation is 1. The molecule has 0 saturated heterocycles. The van der Waals surface area contributed by atoms with E-state index in [-0.39, 0.29) is 36.6 Å². The largest absolute Gasteiger partial charge is 0.386 e. The lowest BCUT2D eigenvalue weighted by atomic mass is 10.1. The van der Waals surface area contributed by atoms with Gasteiger partial charge in [0.1, 0.15) is 18.3 Å². The summed E-state index contributed by atoms with van der Waals surface area (Å²) in [4.78, 5) is 8.75. The van der Waals surface area contributed by atoms with Crippen molar-refractivity contribution in [3.05, 3.63) is 47.0 Å². The second kappa shape index (κ2) is 10.1. The van der Waals surface area contributed by atoms with E-state index in [9.17, 15) is 5.11 Å². The van der Waals surface area contributed by atoms with Crippen LogP contribution in [0.15, 0.2) is 35.6 Å². The Hall–Kier alpha value is -1.39. The average Bonchev–Trinajstić information content (AvgIpc) is 3.08. The van der Waals surface area contributed by atoms with Gasteiger partial charge in [0.2, 0.25) is 0 Å². The van der Waals surface area contributed by atoms with Gasteiger partial charge in [-0.05, 0) is 19.4 Å². The number of nitrogens with zero attached hydrogens (tertiary/aromatic N) is 4. The molecule has 0 aliphatic carbocycles. The quantitative estimate of drug-likeness (QED) is 0.340. The summed E-state index contributed by atoms with van der Waals surface area (Å²) in [6, 6.07) is 7.51. The van der Waals surface area contributed by atoms with Crippen LogP contribution in [0.2, 0.25) is 5.02 Å². The summed E-state index contributed by atoms with van der Waals surface area (Å²) < 4.78 is 1.92. The molecule has 1 aromatic heterocycles. The van der Waals surface area contributed by atoms with Crippen LogP contribution in [0.4, 0.5) is 0 Å². The summed E-state index contributed by atoms with van der Waals surface area (Å²) in [6.07, 6.45) is 2.71. The number of aliphatic imine (C=N–C) groups is 1. The number of aliphatic hydroxyl groups excluding tert-OH is 1. The maximum Gasteiger partial charge on any atom is 0.191 e. The fourth-order valence-corrected chi connectivity index (χ4v) is 3.15. The minimum atomic E-state index is -0.738. The van der Waals surface area contributed by atoms with Crippen LogP contribution in [0.5, 0.6) is 0 Å². The van der Waals surface area contributed by atoms with E-state index in [4.69, 9.17) is 11.6 Å². The molecule has 0 saturated carbocycles. The molecule has 142 valence electrons. The van der Waals surface area contributed by atoms with Crippen LogP contribution in [-0.4, -0.2) is 45.0 Å². The Morgan fingerprint density at radius 1 is 1.46 bits per heavy atom. The molecule has 26 heavy (non-hydrogen) atoms. The monoisotopic (exact) mass is 490 g/mol. The van der Waals surface area contributed by atoms with Crippen LogP contribution in [0.1, 0.15) is 30.8 Å². The second-order valence-corrected chi connectivity index (χ2v) is 6.40. The van der Waals surface area contributed by atoms with Crippen molar-refractivity contribution in [2.45, 2.75) is 38.5 Å². The summed E-state index contributed by atoms with van der Waals surface area (Å²) in [5.74, 6) is 1.70. The average molecular weight is 491 g/mol. The molecular weight excluding hydrogens is 467 g/mol. The fraction of sp³-hybridized carbons (Fsp3) is 0.471. The Kier molecular flexibility index (Phi) is 8.11. The molecule has 1 aliphatic heterocycles. The zero-order chi connectivity index (χ0) is 17.6. The highest BCUT2D eigenvalue weighted by atomic mass is 127. The molecule has 2 unspecified atom stereocenters. The molecule has 1 aromatic carbocycles. The summed E-state index contributed by atoms with van der Waals surface area (Å²) in [5, 5.41) is 21.8. The van der Waals surface area contributed by atoms with Crippen molar-refractivity contribution in [3.63, 3.8) is 0 Å². The van der Waals surface area contributed by atoms with Crippen molar-refractivity contribution in [1.29, 1.82) is 0 Å². The number of aromatic nitrogens is 3. The third-order valence-electron chi connectivity index (χ3n) is 4.18. The highest BCUT2D eigenvalue weighted by molar-refractivity contribution is 14.0. The van der Waals surface area contributed by atoms with E-state index in [0.29, 0.717) is 16.5 Å². The van der Waals surface area contributed by atoms with Crippen LogP contribution in [0.3, 0.4) is 0 Å². The molecule has 2 aromatic rings. The number of hydrogen-bond acceptors (Lipinski definition) is 4. The van der Waals surface area contributed by atoms with Crippen molar-refractivity contribution in [1.82, 2.24) is 25.4 Å². The molecule has 2 atom stereocenters. The molecule has 0 fully saturated rings. The highest BCUT2D eigenvalue weighted by Crippen LogP contribution is 2.22. The predicted octanol–water partition coefficient (Wildman–Crippen LogP) is 2.15. The van der Waals surface area contributed by atoms with Gasteiger partial charge in [0.25, 0.3) is 0 Å². The Labute approximate surface area is 175 Å². The molecule has 0 spiro atoms. The summed E-state index contributed by atoms with van der Waals surface area (Å²) >= 11 is 6.13. The molecule has 3 rings (SSSR count). The first-order valence-electron chi connectivity index (χ1n) is 8.51. The van der Waals surface area contributed by atoms with E-state index in [0.717, 1.165) is 31.8 Å². The van der Waals surface area contributed by atoms with Gasteiger partial charge >= 0.3 is 0 Å². The van der Waals surface area contributed by atoms with Gasteiger partial charge in [-0.2, -0.15) is 5.10 Å². The Morgan fingerprint density at radius 2 is 2.27 bits per heavy atom. The number of fused-ring (bicyclic) bond motifs is 1. The molecule has 1 aliphatic rings. The van der Waals surface area contributed by atoms with E-state index in [2.05, 4.69) is 25.7 Å². The van der Waals surface area contributed by atoms with Gasteiger partial charge in [-0.15, -0.1) is 24.0 Å². The van der Waals surface area contributed by atoms with Gasteiger partial charge in [0.15, 0.2) is 5.96 Å². The number of hydrogen-bond donors (Lipinski definition) is 3. The van der Waals surface area contributed by atoms with Gasteiger partial charge in [-0.25, -0.2) is 9.67 Å². The molecule has 7 nitrogen and oxygen atoms in total. The van der Waals surface area contributed by atoms with E-state index >= 15 is 0 Å². The second-order valence-electron chi connectivity index (χ2n) is 6.00. The number of nitrogens with one attached hydrogen (secondary N) is 2. The van der Waals surface area contributed by atoms with Gasteiger partial charge in [0.05, 0.1) is 13.1 Å². The molecule has 2 heterocycles. The van der Waals surface area contributed by atoms with Crippen molar-refractivity contribution >= 4 is 41.5 Å². The third kappa shape index (κ3) is 5.31. The highest BCUT2D eigenvalue weighted by Gasteiger charge is 2.20. The predicted molar refractivity (Wildman–Crippen MR) is 113 cm³/mol. The van der Waals surface area contributed by atoms with Crippen LogP contribution in [0, 0.1) is 0 Å². The normalized spacial score (nSPS) is 17.8. The molecule has 0 radical (unpaired) electrons. The number of halogens is 2. The molecular formula is C17H24ClIN6O. The molecule has 0 bridgehead atoms. The lowest BCUT2D eigenvalue weighted by molar-refractivity contribution is 0.187. The van der Waals surface area contributed by atoms with Crippen LogP contribution in [-0.2, 0) is 13.0 Å². The Bertz CT molecular complexity index is 738. The number of benzene rings is 1. The Balaban J connectivity index is 0.00000243. The van der Waals surface area contributed by atoms with E-state index in [1.807, 2.05) is 29.8 Å². The molecule has 3 N–H and O–H groups in total. The number of rotatable bonds is 5. The van der Waals surface area contributed by atoms with Gasteiger partial charge in [0, 0.05) is 29.6 Å². The minimum absolute atomic E-state index is 0. The first-order valence-corrected chi connectivity index (χ1v) is 8.89. The Morgan fingerprint density at radius 3 is 3.04 bits per heavy atom. The van der Waals surface area contributed by atoms with Crippen LogP contribution in [0.25, 0.3) is 0 Å². The smallest absolute Gasteiger partial charge is 0.191 e. The lowest BCUT2D eigenvalue weighted by Gasteiger charge is -2.25. The summed E-state index contributed by atoms with van der Waals surface area (Å²) in [5.41, 5.74) is 0.689.